The standard InChI is InChI=1S/C17H21N3O5/c1-2-24-14(21)11-18-16(23)20-9-7-17(8-10-20)19-15(22)12-5-3-4-6-13(12)25-17/h3-6H,2,7-11H2,1H3,(H,18,23)(H,19,22). The first-order chi connectivity index (χ1) is 12.0. The summed E-state index contributed by atoms with van der Waals surface area (Å²) in [4.78, 5) is 37.3. The number of fused-ring (bicyclic) bond motifs is 1. The molecule has 3 amide bonds. The van der Waals surface area contributed by atoms with Gasteiger partial charge in [-0.1, -0.05) is 12.1 Å². The predicted molar refractivity (Wildman–Crippen MR) is 88.1 cm³/mol. The molecule has 8 heteroatoms. The van der Waals surface area contributed by atoms with E-state index in [1.165, 1.54) is 0 Å². The lowest BCUT2D eigenvalue weighted by molar-refractivity contribution is -0.141. The molecule has 2 aliphatic rings. The summed E-state index contributed by atoms with van der Waals surface area (Å²) in [6.07, 6.45) is 0.944. The molecule has 0 atom stereocenters. The third-order valence-electron chi connectivity index (χ3n) is 4.33. The number of hydrogen-bond donors (Lipinski definition) is 2. The molecule has 2 aliphatic heterocycles. The van der Waals surface area contributed by atoms with E-state index >= 15 is 0 Å². The number of nitrogens with zero attached hydrogens (tertiary/aromatic N) is 1. The van der Waals surface area contributed by atoms with Crippen molar-refractivity contribution in [2.75, 3.05) is 26.2 Å². The van der Waals surface area contributed by atoms with Crippen molar-refractivity contribution >= 4 is 17.9 Å². The third-order valence-corrected chi connectivity index (χ3v) is 4.33. The van der Waals surface area contributed by atoms with Gasteiger partial charge in [0.05, 0.1) is 12.2 Å². The van der Waals surface area contributed by atoms with Crippen LogP contribution in [0.3, 0.4) is 0 Å². The lowest BCUT2D eigenvalue weighted by atomic mass is 9.97. The molecule has 1 saturated heterocycles. The van der Waals surface area contributed by atoms with E-state index in [0.717, 1.165) is 0 Å². The van der Waals surface area contributed by atoms with Crippen LogP contribution in [-0.2, 0) is 9.53 Å². The van der Waals surface area contributed by atoms with Crippen molar-refractivity contribution in [2.24, 2.45) is 0 Å². The van der Waals surface area contributed by atoms with Crippen molar-refractivity contribution < 1.29 is 23.9 Å². The number of carbonyl (C=O) groups excluding carboxylic acids is 3. The molecule has 0 saturated carbocycles. The second-order valence-corrected chi connectivity index (χ2v) is 6.00. The van der Waals surface area contributed by atoms with Crippen LogP contribution in [0.2, 0.25) is 0 Å². The molecular weight excluding hydrogens is 326 g/mol. The Balaban J connectivity index is 1.56. The number of piperidine rings is 1. The van der Waals surface area contributed by atoms with Gasteiger partial charge in [-0.05, 0) is 19.1 Å². The van der Waals surface area contributed by atoms with Crippen LogP contribution in [0.15, 0.2) is 24.3 Å². The molecule has 1 fully saturated rings. The van der Waals surface area contributed by atoms with Gasteiger partial charge in [-0.2, -0.15) is 0 Å². The fraction of sp³-hybridized carbons (Fsp3) is 0.471. The molecule has 3 rings (SSSR count). The van der Waals surface area contributed by atoms with E-state index in [0.29, 0.717) is 37.2 Å². The maximum absolute atomic E-state index is 12.3. The van der Waals surface area contributed by atoms with E-state index in [1.54, 1.807) is 30.0 Å². The first-order valence-corrected chi connectivity index (χ1v) is 8.32. The minimum Gasteiger partial charge on any atom is -0.467 e. The van der Waals surface area contributed by atoms with Gasteiger partial charge in [0.15, 0.2) is 5.72 Å². The first-order valence-electron chi connectivity index (χ1n) is 8.32. The Labute approximate surface area is 145 Å². The normalized spacial score (nSPS) is 18.0. The van der Waals surface area contributed by atoms with Crippen LogP contribution in [0.5, 0.6) is 5.75 Å². The number of carbonyl (C=O) groups is 3. The number of nitrogens with one attached hydrogen (secondary N) is 2. The summed E-state index contributed by atoms with van der Waals surface area (Å²) in [7, 11) is 0. The van der Waals surface area contributed by atoms with Crippen molar-refractivity contribution in [1.82, 2.24) is 15.5 Å². The number of hydrogen-bond acceptors (Lipinski definition) is 5. The van der Waals surface area contributed by atoms with Gasteiger partial charge in [0.25, 0.3) is 5.91 Å². The van der Waals surface area contributed by atoms with Crippen LogP contribution in [-0.4, -0.2) is 54.8 Å². The summed E-state index contributed by atoms with van der Waals surface area (Å²) >= 11 is 0. The number of benzene rings is 1. The average molecular weight is 347 g/mol. The monoisotopic (exact) mass is 347 g/mol. The van der Waals surface area contributed by atoms with Crippen molar-refractivity contribution in [1.29, 1.82) is 0 Å². The quantitative estimate of drug-likeness (QED) is 0.791. The summed E-state index contributed by atoms with van der Waals surface area (Å²) in [5, 5.41) is 5.46. The highest BCUT2D eigenvalue weighted by molar-refractivity contribution is 5.98. The fourth-order valence-corrected chi connectivity index (χ4v) is 3.02. The van der Waals surface area contributed by atoms with E-state index in [9.17, 15) is 14.4 Å². The maximum Gasteiger partial charge on any atom is 0.325 e. The van der Waals surface area contributed by atoms with E-state index in [4.69, 9.17) is 9.47 Å². The molecule has 2 N–H and O–H groups in total. The summed E-state index contributed by atoms with van der Waals surface area (Å²) in [5.41, 5.74) is -0.272. The number of rotatable bonds is 3. The zero-order valence-corrected chi connectivity index (χ0v) is 14.0. The molecule has 2 heterocycles. The minimum absolute atomic E-state index is 0.158. The van der Waals surface area contributed by atoms with Gasteiger partial charge in [0, 0.05) is 25.9 Å². The highest BCUT2D eigenvalue weighted by Gasteiger charge is 2.43. The number of amides is 3. The topological polar surface area (TPSA) is 97.0 Å². The molecule has 0 aliphatic carbocycles. The maximum atomic E-state index is 12.3. The number of likely N-dealkylation sites (tertiary alicyclic amines) is 1. The molecule has 0 aromatic heterocycles. The van der Waals surface area contributed by atoms with E-state index in [-0.39, 0.29) is 25.1 Å². The second kappa shape index (κ2) is 7.00. The highest BCUT2D eigenvalue weighted by atomic mass is 16.5. The Hall–Kier alpha value is -2.77. The summed E-state index contributed by atoms with van der Waals surface area (Å²) in [6.45, 7) is 2.66. The number of para-hydroxylation sites is 1. The van der Waals surface area contributed by atoms with Gasteiger partial charge in [-0.25, -0.2) is 4.79 Å². The Morgan fingerprint density at radius 2 is 2.04 bits per heavy atom. The van der Waals surface area contributed by atoms with Crippen LogP contribution in [0.25, 0.3) is 0 Å². The first kappa shape index (κ1) is 17.1. The zero-order chi connectivity index (χ0) is 17.9. The molecule has 1 aromatic carbocycles. The Kier molecular flexibility index (Phi) is 4.78. The van der Waals surface area contributed by atoms with Crippen LogP contribution in [0, 0.1) is 0 Å². The number of urea groups is 1. The van der Waals surface area contributed by atoms with Gasteiger partial charge in [-0.3, -0.25) is 9.59 Å². The lowest BCUT2D eigenvalue weighted by Crippen LogP contribution is -2.62. The summed E-state index contributed by atoms with van der Waals surface area (Å²) in [5.74, 6) is -0.0719. The van der Waals surface area contributed by atoms with E-state index < -0.39 is 11.7 Å². The third kappa shape index (κ3) is 3.67. The molecular formula is C17H21N3O5. The van der Waals surface area contributed by atoms with Gasteiger partial charge in [0.2, 0.25) is 0 Å². The highest BCUT2D eigenvalue weighted by Crippen LogP contribution is 2.33. The molecule has 1 aromatic rings. The summed E-state index contributed by atoms with van der Waals surface area (Å²) in [6, 6.07) is 6.77. The van der Waals surface area contributed by atoms with Crippen LogP contribution in [0.4, 0.5) is 4.79 Å². The number of ether oxygens (including phenoxy) is 2. The van der Waals surface area contributed by atoms with Crippen LogP contribution < -0.4 is 15.4 Å². The fourth-order valence-electron chi connectivity index (χ4n) is 3.02. The molecule has 0 unspecified atom stereocenters. The Morgan fingerprint density at radius 3 is 2.76 bits per heavy atom. The SMILES string of the molecule is CCOC(=O)CNC(=O)N1CCC2(CC1)NC(=O)c1ccccc1O2. The molecule has 8 nitrogen and oxygen atoms in total. The van der Waals surface area contributed by atoms with Gasteiger partial charge in [-0.15, -0.1) is 0 Å². The van der Waals surface area contributed by atoms with Crippen molar-refractivity contribution in [3.8, 4) is 5.75 Å². The van der Waals surface area contributed by atoms with Crippen molar-refractivity contribution in [3.05, 3.63) is 29.8 Å². The Morgan fingerprint density at radius 1 is 1.32 bits per heavy atom. The average Bonchev–Trinajstić information content (AvgIpc) is 2.60. The van der Waals surface area contributed by atoms with Crippen LogP contribution in [0.1, 0.15) is 30.1 Å². The Bertz CT molecular complexity index is 683. The van der Waals surface area contributed by atoms with Crippen molar-refractivity contribution in [3.63, 3.8) is 0 Å². The largest absolute Gasteiger partial charge is 0.467 e. The molecule has 1 spiro atoms. The molecule has 0 radical (unpaired) electrons. The van der Waals surface area contributed by atoms with E-state index in [2.05, 4.69) is 10.6 Å². The van der Waals surface area contributed by atoms with Gasteiger partial charge >= 0.3 is 12.0 Å². The summed E-state index contributed by atoms with van der Waals surface area (Å²) < 4.78 is 10.8. The lowest BCUT2D eigenvalue weighted by Gasteiger charge is -2.44. The smallest absolute Gasteiger partial charge is 0.325 e. The molecule has 25 heavy (non-hydrogen) atoms. The predicted octanol–water partition coefficient (Wildman–Crippen LogP) is 0.874. The minimum atomic E-state index is -0.788. The number of esters is 1. The molecule has 134 valence electrons. The second-order valence-electron chi connectivity index (χ2n) is 6.00. The van der Waals surface area contributed by atoms with Gasteiger partial charge in [0.1, 0.15) is 12.3 Å². The van der Waals surface area contributed by atoms with E-state index in [1.807, 2.05) is 6.07 Å². The molecule has 0 bridgehead atoms. The van der Waals surface area contributed by atoms with Gasteiger partial charge < -0.3 is 25.0 Å². The zero-order valence-electron chi connectivity index (χ0n) is 14.0. The van der Waals surface area contributed by atoms with Crippen LogP contribution >= 0.6 is 0 Å². The van der Waals surface area contributed by atoms with Crippen molar-refractivity contribution in [2.45, 2.75) is 25.5 Å².